The lowest BCUT2D eigenvalue weighted by atomic mass is 9.87. The Morgan fingerprint density at radius 2 is 1.63 bits per heavy atom. The second kappa shape index (κ2) is 7.36. The van der Waals surface area contributed by atoms with Crippen molar-refractivity contribution in [1.82, 2.24) is 0 Å². The first kappa shape index (κ1) is 20.4. The highest BCUT2D eigenvalue weighted by Crippen LogP contribution is 2.32. The van der Waals surface area contributed by atoms with Gasteiger partial charge < -0.3 is 5.32 Å². The van der Waals surface area contributed by atoms with Gasteiger partial charge >= 0.3 is 0 Å². The van der Waals surface area contributed by atoms with Crippen LogP contribution in [0.4, 0.5) is 17.1 Å². The number of hydrogen-bond donors (Lipinski definition) is 1. The maximum Gasteiger partial charge on any atom is 0.254 e. The zero-order valence-corrected chi connectivity index (χ0v) is 16.6. The van der Waals surface area contributed by atoms with Gasteiger partial charge in [0.25, 0.3) is 10.9 Å². The summed E-state index contributed by atoms with van der Waals surface area (Å²) in [5, 5.41) is 12.1. The molecule has 6 heteroatoms. The van der Waals surface area contributed by atoms with Crippen molar-refractivity contribution in [1.29, 1.82) is 5.26 Å². The summed E-state index contributed by atoms with van der Waals surface area (Å²) in [5.41, 5.74) is -0.307. The van der Waals surface area contributed by atoms with Gasteiger partial charge in [0.1, 0.15) is 11.4 Å². The normalized spacial score (nSPS) is 12.7. The molecule has 0 aliphatic heterocycles. The van der Waals surface area contributed by atoms with Crippen molar-refractivity contribution >= 4 is 23.0 Å². The van der Waals surface area contributed by atoms with Crippen LogP contribution in [0.3, 0.4) is 0 Å². The van der Waals surface area contributed by atoms with Crippen molar-refractivity contribution in [3.8, 4) is 6.07 Å². The lowest BCUT2D eigenvalue weighted by Gasteiger charge is -2.32. The monoisotopic (exact) mass is 367 g/mol. The Balaban J connectivity index is 2.56. The SMILES string of the molecule is CC(C)C(=O)N(c1ccc(C#N)cc1)c1c(NC(C)C(C)(C)C)c(=O)c1=O. The fraction of sp³-hybridized carbons (Fsp3) is 0.429. The second-order valence-corrected chi connectivity index (χ2v) is 8.10. The van der Waals surface area contributed by atoms with Gasteiger partial charge in [-0.25, -0.2) is 0 Å². The van der Waals surface area contributed by atoms with Crippen molar-refractivity contribution in [2.75, 3.05) is 10.2 Å². The maximum absolute atomic E-state index is 12.8. The summed E-state index contributed by atoms with van der Waals surface area (Å²) in [4.78, 5) is 38.7. The molecule has 6 nitrogen and oxygen atoms in total. The standard InChI is InChI=1S/C21H25N3O3/c1-12(2)20(27)24(15-9-7-14(11-22)8-10-15)17-16(18(25)19(17)26)23-13(3)21(4,5)6/h7-10,12-13,23H,1-6H3. The van der Waals surface area contributed by atoms with Gasteiger partial charge in [0.05, 0.1) is 11.6 Å². The molecule has 2 rings (SSSR count). The summed E-state index contributed by atoms with van der Waals surface area (Å²) >= 11 is 0. The van der Waals surface area contributed by atoms with E-state index < -0.39 is 10.9 Å². The summed E-state index contributed by atoms with van der Waals surface area (Å²) in [5.74, 6) is -0.670. The van der Waals surface area contributed by atoms with E-state index in [0.29, 0.717) is 11.3 Å². The van der Waals surface area contributed by atoms with E-state index in [1.54, 1.807) is 38.1 Å². The third kappa shape index (κ3) is 3.92. The number of carbonyl (C=O) groups is 1. The maximum atomic E-state index is 12.8. The average molecular weight is 367 g/mol. The molecule has 1 N–H and O–H groups in total. The largest absolute Gasteiger partial charge is 0.377 e. The van der Waals surface area contributed by atoms with E-state index in [4.69, 9.17) is 5.26 Å². The number of anilines is 3. The van der Waals surface area contributed by atoms with Crippen molar-refractivity contribution in [2.45, 2.75) is 47.6 Å². The summed E-state index contributed by atoms with van der Waals surface area (Å²) in [6.45, 7) is 11.5. The van der Waals surface area contributed by atoms with Crippen LogP contribution in [0.15, 0.2) is 33.9 Å². The highest BCUT2D eigenvalue weighted by Gasteiger charge is 2.34. The number of rotatable bonds is 5. The third-order valence-corrected chi connectivity index (χ3v) is 4.74. The molecular weight excluding hydrogens is 342 g/mol. The van der Waals surface area contributed by atoms with Gasteiger partial charge in [0.2, 0.25) is 5.91 Å². The zero-order chi connectivity index (χ0) is 20.5. The Morgan fingerprint density at radius 1 is 1.07 bits per heavy atom. The van der Waals surface area contributed by atoms with Crippen LogP contribution >= 0.6 is 0 Å². The van der Waals surface area contributed by atoms with Gasteiger partial charge in [-0.3, -0.25) is 19.3 Å². The number of amides is 1. The number of carbonyl (C=O) groups excluding carboxylic acids is 1. The Morgan fingerprint density at radius 3 is 2.07 bits per heavy atom. The minimum absolute atomic E-state index is 0.0690. The third-order valence-electron chi connectivity index (χ3n) is 4.74. The van der Waals surface area contributed by atoms with E-state index >= 15 is 0 Å². The molecule has 142 valence electrons. The summed E-state index contributed by atoms with van der Waals surface area (Å²) < 4.78 is 0. The van der Waals surface area contributed by atoms with Crippen molar-refractivity contribution in [3.05, 3.63) is 50.3 Å². The van der Waals surface area contributed by atoms with E-state index in [0.717, 1.165) is 0 Å². The molecule has 2 aromatic rings. The van der Waals surface area contributed by atoms with Crippen LogP contribution in [-0.4, -0.2) is 11.9 Å². The predicted molar refractivity (Wildman–Crippen MR) is 107 cm³/mol. The van der Waals surface area contributed by atoms with E-state index in [1.807, 2.05) is 33.8 Å². The van der Waals surface area contributed by atoms with Crippen LogP contribution in [0.5, 0.6) is 0 Å². The van der Waals surface area contributed by atoms with E-state index in [-0.39, 0.29) is 34.7 Å². The van der Waals surface area contributed by atoms with Crippen LogP contribution in [0.1, 0.15) is 47.1 Å². The quantitative estimate of drug-likeness (QED) is 0.819. The summed E-state index contributed by atoms with van der Waals surface area (Å²) in [6.07, 6.45) is 0. The first-order valence-corrected chi connectivity index (χ1v) is 8.93. The van der Waals surface area contributed by atoms with Gasteiger partial charge in [-0.2, -0.15) is 5.26 Å². The molecular formula is C21H25N3O3. The number of nitrogens with one attached hydrogen (secondary N) is 1. The van der Waals surface area contributed by atoms with Gasteiger partial charge in [0.15, 0.2) is 0 Å². The van der Waals surface area contributed by atoms with Crippen LogP contribution in [-0.2, 0) is 4.79 Å². The van der Waals surface area contributed by atoms with Crippen LogP contribution < -0.4 is 21.1 Å². The molecule has 0 saturated heterocycles. The fourth-order valence-electron chi connectivity index (χ4n) is 2.47. The van der Waals surface area contributed by atoms with Crippen LogP contribution in [0.2, 0.25) is 0 Å². The van der Waals surface area contributed by atoms with E-state index in [2.05, 4.69) is 5.32 Å². The highest BCUT2D eigenvalue weighted by molar-refractivity contribution is 6.05. The molecule has 2 aromatic carbocycles. The molecule has 0 fully saturated rings. The molecule has 1 unspecified atom stereocenters. The molecule has 0 saturated carbocycles. The molecule has 0 radical (unpaired) electrons. The lowest BCUT2D eigenvalue weighted by Crippen LogP contribution is -2.46. The number of nitrogens with zero attached hydrogens (tertiary/aromatic N) is 2. The molecule has 0 aliphatic rings. The average Bonchev–Trinajstić information content (AvgIpc) is 2.62. The molecule has 0 aliphatic carbocycles. The molecule has 27 heavy (non-hydrogen) atoms. The van der Waals surface area contributed by atoms with Crippen LogP contribution in [0.25, 0.3) is 0 Å². The molecule has 0 heterocycles. The smallest absolute Gasteiger partial charge is 0.254 e. The van der Waals surface area contributed by atoms with Gasteiger partial charge in [0, 0.05) is 17.6 Å². The van der Waals surface area contributed by atoms with Gasteiger partial charge in [-0.15, -0.1) is 0 Å². The minimum atomic E-state index is -0.683. The minimum Gasteiger partial charge on any atom is -0.377 e. The van der Waals surface area contributed by atoms with E-state index in [1.165, 1.54) is 4.90 Å². The Bertz CT molecular complexity index is 953. The zero-order valence-electron chi connectivity index (χ0n) is 16.6. The van der Waals surface area contributed by atoms with Gasteiger partial charge in [-0.05, 0) is 36.6 Å². The number of hydrogen-bond acceptors (Lipinski definition) is 5. The predicted octanol–water partition coefficient (Wildman–Crippen LogP) is 3.32. The van der Waals surface area contributed by atoms with Crippen molar-refractivity contribution in [2.24, 2.45) is 11.3 Å². The van der Waals surface area contributed by atoms with E-state index in [9.17, 15) is 14.4 Å². The molecule has 1 amide bonds. The van der Waals surface area contributed by atoms with Crippen molar-refractivity contribution in [3.63, 3.8) is 0 Å². The highest BCUT2D eigenvalue weighted by atomic mass is 16.2. The second-order valence-electron chi connectivity index (χ2n) is 8.10. The molecule has 1 atom stereocenters. The molecule has 0 spiro atoms. The first-order chi connectivity index (χ1) is 12.5. The Kier molecular flexibility index (Phi) is 5.55. The summed E-state index contributed by atoms with van der Waals surface area (Å²) in [7, 11) is 0. The first-order valence-electron chi connectivity index (χ1n) is 8.93. The topological polar surface area (TPSA) is 90.3 Å². The lowest BCUT2D eigenvalue weighted by molar-refractivity contribution is -0.120. The Labute approximate surface area is 159 Å². The fourth-order valence-corrected chi connectivity index (χ4v) is 2.47. The number of nitriles is 1. The summed E-state index contributed by atoms with van der Waals surface area (Å²) in [6, 6.07) is 8.29. The number of benzene rings is 1. The molecule has 0 bridgehead atoms. The van der Waals surface area contributed by atoms with Crippen molar-refractivity contribution < 1.29 is 4.79 Å². The Hall–Kier alpha value is -2.94. The van der Waals surface area contributed by atoms with Gasteiger partial charge in [-0.1, -0.05) is 34.6 Å². The molecule has 0 aromatic heterocycles. The van der Waals surface area contributed by atoms with Crippen LogP contribution in [0, 0.1) is 22.7 Å².